The lowest BCUT2D eigenvalue weighted by Gasteiger charge is -2.06. The largest absolute Gasteiger partial charge is 0.308 e. The Bertz CT molecular complexity index is 527. The van der Waals surface area contributed by atoms with Gasteiger partial charge in [0.15, 0.2) is 0 Å². The quantitative estimate of drug-likeness (QED) is 0.470. The van der Waals surface area contributed by atoms with E-state index in [-0.39, 0.29) is 0 Å². The molecule has 0 aliphatic carbocycles. The number of hydrazine groups is 1. The highest BCUT2D eigenvalue weighted by Gasteiger charge is 2.09. The summed E-state index contributed by atoms with van der Waals surface area (Å²) in [6, 6.07) is 5.01. The van der Waals surface area contributed by atoms with E-state index in [1.165, 1.54) is 0 Å². The minimum Gasteiger partial charge on any atom is -0.308 e. The second kappa shape index (κ2) is 4.02. The van der Waals surface area contributed by atoms with E-state index in [0.29, 0.717) is 31.8 Å². The van der Waals surface area contributed by atoms with Gasteiger partial charge in [-0.2, -0.15) is 0 Å². The maximum atomic E-state index is 6.01. The summed E-state index contributed by atoms with van der Waals surface area (Å²) >= 11 is 17.9. The molecule has 2 aromatic rings. The highest BCUT2D eigenvalue weighted by molar-refractivity contribution is 6.47. The minimum atomic E-state index is 0.407. The van der Waals surface area contributed by atoms with Gasteiger partial charge in [-0.3, -0.25) is 0 Å². The Hall–Kier alpha value is -0.740. The molecule has 1 aromatic heterocycles. The Morgan fingerprint density at radius 1 is 1.13 bits per heavy atom. The topological polar surface area (TPSA) is 50.9 Å². The number of nitrogens with two attached hydrogens (primary N) is 1. The van der Waals surface area contributed by atoms with Gasteiger partial charge in [0.1, 0.15) is 5.82 Å². The number of pyridine rings is 1. The van der Waals surface area contributed by atoms with Gasteiger partial charge in [0.2, 0.25) is 0 Å². The molecular formula is C9H6Cl3N3. The molecule has 0 saturated carbocycles. The van der Waals surface area contributed by atoms with Gasteiger partial charge in [-0.25, -0.2) is 10.8 Å². The summed E-state index contributed by atoms with van der Waals surface area (Å²) < 4.78 is 0. The average Bonchev–Trinajstić information content (AvgIpc) is 2.25. The van der Waals surface area contributed by atoms with Crippen LogP contribution in [-0.4, -0.2) is 4.98 Å². The van der Waals surface area contributed by atoms with E-state index in [4.69, 9.17) is 40.6 Å². The van der Waals surface area contributed by atoms with E-state index < -0.39 is 0 Å². The van der Waals surface area contributed by atoms with E-state index >= 15 is 0 Å². The fourth-order valence-electron chi connectivity index (χ4n) is 1.27. The first kappa shape index (κ1) is 10.8. The SMILES string of the molecule is NNc1ccc2c(Cl)c(Cl)cc(Cl)c2n1. The lowest BCUT2D eigenvalue weighted by molar-refractivity contribution is 1.26. The zero-order valence-corrected chi connectivity index (χ0v) is 9.66. The summed E-state index contributed by atoms with van der Waals surface area (Å²) in [4.78, 5) is 4.18. The first-order chi connectivity index (χ1) is 7.13. The van der Waals surface area contributed by atoms with Gasteiger partial charge in [0, 0.05) is 5.39 Å². The monoisotopic (exact) mass is 261 g/mol. The van der Waals surface area contributed by atoms with Crippen LogP contribution in [0.1, 0.15) is 0 Å². The average molecular weight is 263 g/mol. The number of hydrogen-bond donors (Lipinski definition) is 2. The van der Waals surface area contributed by atoms with Gasteiger partial charge in [0.05, 0.1) is 20.6 Å². The molecule has 2 rings (SSSR count). The van der Waals surface area contributed by atoms with Crippen molar-refractivity contribution in [2.24, 2.45) is 5.84 Å². The van der Waals surface area contributed by atoms with Crippen LogP contribution in [0.4, 0.5) is 5.82 Å². The first-order valence-electron chi connectivity index (χ1n) is 4.04. The van der Waals surface area contributed by atoms with Crippen molar-refractivity contribution in [2.45, 2.75) is 0 Å². The van der Waals surface area contributed by atoms with Crippen LogP contribution in [0.5, 0.6) is 0 Å². The summed E-state index contributed by atoms with van der Waals surface area (Å²) in [6.45, 7) is 0. The van der Waals surface area contributed by atoms with E-state index in [0.717, 1.165) is 0 Å². The molecule has 0 radical (unpaired) electrons. The maximum Gasteiger partial charge on any atom is 0.140 e. The number of hydrogen-bond acceptors (Lipinski definition) is 3. The van der Waals surface area contributed by atoms with Crippen molar-refractivity contribution >= 4 is 51.5 Å². The molecule has 0 unspecified atom stereocenters. The molecule has 0 atom stereocenters. The molecule has 0 saturated heterocycles. The number of rotatable bonds is 1. The smallest absolute Gasteiger partial charge is 0.140 e. The van der Waals surface area contributed by atoms with Crippen LogP contribution in [0.3, 0.4) is 0 Å². The van der Waals surface area contributed by atoms with Crippen LogP contribution < -0.4 is 11.3 Å². The molecule has 0 spiro atoms. The molecule has 3 nitrogen and oxygen atoms in total. The molecule has 3 N–H and O–H groups in total. The van der Waals surface area contributed by atoms with Gasteiger partial charge in [-0.1, -0.05) is 34.8 Å². The summed E-state index contributed by atoms with van der Waals surface area (Å²) in [5, 5.41) is 1.99. The molecular weight excluding hydrogens is 256 g/mol. The molecule has 1 heterocycles. The van der Waals surface area contributed by atoms with Crippen LogP contribution in [0, 0.1) is 0 Å². The number of nitrogens with zero attached hydrogens (tertiary/aromatic N) is 1. The molecule has 0 aliphatic rings. The second-order valence-electron chi connectivity index (χ2n) is 2.89. The summed E-state index contributed by atoms with van der Waals surface area (Å²) in [5.74, 6) is 5.76. The summed E-state index contributed by atoms with van der Waals surface area (Å²) in [6.07, 6.45) is 0. The third-order valence-electron chi connectivity index (χ3n) is 1.97. The molecule has 0 fully saturated rings. The first-order valence-corrected chi connectivity index (χ1v) is 5.17. The van der Waals surface area contributed by atoms with Gasteiger partial charge in [-0.05, 0) is 18.2 Å². The predicted molar refractivity (Wildman–Crippen MR) is 64.6 cm³/mol. The van der Waals surface area contributed by atoms with Crippen LogP contribution in [0.25, 0.3) is 10.9 Å². The van der Waals surface area contributed by atoms with Crippen molar-refractivity contribution in [3.8, 4) is 0 Å². The maximum absolute atomic E-state index is 6.01. The predicted octanol–water partition coefficient (Wildman–Crippen LogP) is 3.48. The number of anilines is 1. The van der Waals surface area contributed by atoms with Crippen molar-refractivity contribution in [2.75, 3.05) is 5.43 Å². The Morgan fingerprint density at radius 2 is 1.87 bits per heavy atom. The second-order valence-corrected chi connectivity index (χ2v) is 4.08. The van der Waals surface area contributed by atoms with Gasteiger partial charge >= 0.3 is 0 Å². The number of fused-ring (bicyclic) bond motifs is 1. The van der Waals surface area contributed by atoms with Crippen LogP contribution >= 0.6 is 34.8 Å². The van der Waals surface area contributed by atoms with Crippen LogP contribution in [-0.2, 0) is 0 Å². The Balaban J connectivity index is 2.84. The highest BCUT2D eigenvalue weighted by atomic mass is 35.5. The number of halogens is 3. The van der Waals surface area contributed by atoms with E-state index in [1.54, 1.807) is 18.2 Å². The lowest BCUT2D eigenvalue weighted by atomic mass is 10.2. The number of benzene rings is 1. The summed E-state index contributed by atoms with van der Waals surface area (Å²) in [5.41, 5.74) is 3.01. The van der Waals surface area contributed by atoms with Crippen LogP contribution in [0.15, 0.2) is 18.2 Å². The fourth-order valence-corrected chi connectivity index (χ4v) is 2.00. The van der Waals surface area contributed by atoms with E-state index in [9.17, 15) is 0 Å². The molecule has 0 amide bonds. The molecule has 0 bridgehead atoms. The number of nitrogen functional groups attached to an aromatic ring is 1. The highest BCUT2D eigenvalue weighted by Crippen LogP contribution is 2.35. The van der Waals surface area contributed by atoms with Gasteiger partial charge in [0.25, 0.3) is 0 Å². The Labute approximate surface area is 101 Å². The zero-order valence-electron chi connectivity index (χ0n) is 7.39. The third-order valence-corrected chi connectivity index (χ3v) is 3.06. The standard InChI is InChI=1S/C9H6Cl3N3/c10-5-3-6(11)9-4(8(5)12)1-2-7(14-9)15-13/h1-3H,13H2,(H,14,15). The lowest BCUT2D eigenvalue weighted by Crippen LogP contribution is -2.08. The Morgan fingerprint density at radius 3 is 2.53 bits per heavy atom. The van der Waals surface area contributed by atoms with E-state index in [1.807, 2.05) is 0 Å². The number of aromatic nitrogens is 1. The third kappa shape index (κ3) is 1.84. The molecule has 15 heavy (non-hydrogen) atoms. The molecule has 1 aromatic carbocycles. The van der Waals surface area contributed by atoms with Gasteiger partial charge in [-0.15, -0.1) is 0 Å². The Kier molecular flexibility index (Phi) is 2.89. The fraction of sp³-hybridized carbons (Fsp3) is 0. The number of nitrogens with one attached hydrogen (secondary N) is 1. The normalized spacial score (nSPS) is 10.7. The van der Waals surface area contributed by atoms with Crippen molar-refractivity contribution in [1.29, 1.82) is 0 Å². The molecule has 6 heteroatoms. The van der Waals surface area contributed by atoms with Crippen LogP contribution in [0.2, 0.25) is 15.1 Å². The van der Waals surface area contributed by atoms with Crippen molar-refractivity contribution < 1.29 is 0 Å². The van der Waals surface area contributed by atoms with Crippen molar-refractivity contribution in [3.05, 3.63) is 33.3 Å². The zero-order chi connectivity index (χ0) is 11.0. The van der Waals surface area contributed by atoms with E-state index in [2.05, 4.69) is 10.4 Å². The minimum absolute atomic E-state index is 0.407. The molecule has 78 valence electrons. The van der Waals surface area contributed by atoms with Crippen molar-refractivity contribution in [3.63, 3.8) is 0 Å². The summed E-state index contributed by atoms with van der Waals surface area (Å²) in [7, 11) is 0. The molecule has 0 aliphatic heterocycles. The van der Waals surface area contributed by atoms with Gasteiger partial charge < -0.3 is 5.43 Å². The van der Waals surface area contributed by atoms with Crippen molar-refractivity contribution in [1.82, 2.24) is 4.98 Å².